The van der Waals surface area contributed by atoms with Crippen LogP contribution < -0.4 is 14.4 Å². The van der Waals surface area contributed by atoms with Crippen LogP contribution in [0.25, 0.3) is 0 Å². The van der Waals surface area contributed by atoms with Gasteiger partial charge >= 0.3 is 0 Å². The first-order chi connectivity index (χ1) is 12.6. The first-order valence-electron chi connectivity index (χ1n) is 8.25. The monoisotopic (exact) mass is 432 g/mol. The number of benzene rings is 2. The molecular weight excluding hydrogens is 411 g/mol. The van der Waals surface area contributed by atoms with Crippen molar-refractivity contribution in [1.82, 2.24) is 0 Å². The summed E-state index contributed by atoms with van der Waals surface area (Å²) in [4.78, 5) is 1.81. The van der Waals surface area contributed by atoms with E-state index in [0.29, 0.717) is 28.0 Å². The van der Waals surface area contributed by atoms with Gasteiger partial charge in [-0.15, -0.1) is 0 Å². The predicted molar refractivity (Wildman–Crippen MR) is 110 cm³/mol. The van der Waals surface area contributed by atoms with Gasteiger partial charge in [-0.05, 0) is 44.2 Å². The molecule has 0 fully saturated rings. The fourth-order valence-electron chi connectivity index (χ4n) is 2.58. The van der Waals surface area contributed by atoms with Crippen molar-refractivity contribution < 1.29 is 18.3 Å². The molecule has 0 aromatic heterocycles. The lowest BCUT2D eigenvalue weighted by Gasteiger charge is -2.35. The molecule has 0 saturated carbocycles. The average Bonchev–Trinajstić information content (AvgIpc) is 2.57. The third-order valence-electron chi connectivity index (χ3n) is 3.73. The molecular formula is C18H22Cl2N2O4S. The molecule has 2 unspecified atom stereocenters. The highest BCUT2D eigenvalue weighted by atomic mass is 35.5. The lowest BCUT2D eigenvalue weighted by atomic mass is 10.2. The SMILES string of the molecule is CCN(c1ccc(Cl)c(Cl)c1)C(Oc1ccccc1NS(C)(=O)=O)C(C)O. The van der Waals surface area contributed by atoms with Crippen LogP contribution in [0.15, 0.2) is 42.5 Å². The molecule has 0 radical (unpaired) electrons. The third kappa shape index (κ3) is 5.90. The van der Waals surface area contributed by atoms with E-state index in [2.05, 4.69) is 4.72 Å². The maximum absolute atomic E-state index is 11.6. The quantitative estimate of drug-likeness (QED) is 0.616. The molecule has 2 aromatic rings. The number of aliphatic hydroxyl groups excluding tert-OH is 1. The predicted octanol–water partition coefficient (Wildman–Crippen LogP) is 3.98. The lowest BCUT2D eigenvalue weighted by molar-refractivity contribution is 0.0474. The van der Waals surface area contributed by atoms with Crippen LogP contribution in [0, 0.1) is 0 Å². The van der Waals surface area contributed by atoms with Crippen LogP contribution in [0.1, 0.15) is 13.8 Å². The van der Waals surface area contributed by atoms with E-state index in [-0.39, 0.29) is 5.69 Å². The van der Waals surface area contributed by atoms with Gasteiger partial charge in [0.15, 0.2) is 6.23 Å². The number of hydrogen-bond donors (Lipinski definition) is 2. The van der Waals surface area contributed by atoms with Crippen LogP contribution in [0.2, 0.25) is 10.0 Å². The highest BCUT2D eigenvalue weighted by molar-refractivity contribution is 7.92. The average molecular weight is 433 g/mol. The van der Waals surface area contributed by atoms with Gasteiger partial charge in [-0.25, -0.2) is 8.42 Å². The van der Waals surface area contributed by atoms with E-state index >= 15 is 0 Å². The molecule has 0 aliphatic rings. The number of ether oxygens (including phenoxy) is 1. The minimum atomic E-state index is -3.48. The van der Waals surface area contributed by atoms with E-state index in [9.17, 15) is 13.5 Å². The Morgan fingerprint density at radius 1 is 1.19 bits per heavy atom. The Kier molecular flexibility index (Phi) is 7.22. The zero-order valence-corrected chi connectivity index (χ0v) is 17.5. The van der Waals surface area contributed by atoms with E-state index < -0.39 is 22.4 Å². The van der Waals surface area contributed by atoms with Gasteiger partial charge in [-0.3, -0.25) is 4.72 Å². The Morgan fingerprint density at radius 3 is 2.41 bits per heavy atom. The first-order valence-corrected chi connectivity index (χ1v) is 10.9. The number of anilines is 2. The Hall–Kier alpha value is -1.67. The van der Waals surface area contributed by atoms with Crippen LogP contribution in [-0.4, -0.2) is 38.7 Å². The summed E-state index contributed by atoms with van der Waals surface area (Å²) in [6.45, 7) is 4.01. The summed E-state index contributed by atoms with van der Waals surface area (Å²) in [6, 6.07) is 11.8. The fourth-order valence-corrected chi connectivity index (χ4v) is 3.44. The Bertz CT molecular complexity index is 891. The second-order valence-corrected chi connectivity index (χ2v) is 8.57. The number of nitrogens with zero attached hydrogens (tertiary/aromatic N) is 1. The number of halogens is 2. The molecule has 0 aliphatic carbocycles. The minimum absolute atomic E-state index is 0.288. The lowest BCUT2D eigenvalue weighted by Crippen LogP contribution is -2.47. The van der Waals surface area contributed by atoms with E-state index in [4.69, 9.17) is 27.9 Å². The van der Waals surface area contributed by atoms with Crippen molar-refractivity contribution in [2.45, 2.75) is 26.2 Å². The number of hydrogen-bond acceptors (Lipinski definition) is 5. The van der Waals surface area contributed by atoms with Crippen LogP contribution >= 0.6 is 23.2 Å². The van der Waals surface area contributed by atoms with Crippen LogP contribution in [0.3, 0.4) is 0 Å². The van der Waals surface area contributed by atoms with Crippen LogP contribution in [0.5, 0.6) is 5.75 Å². The Balaban J connectivity index is 2.38. The van der Waals surface area contributed by atoms with Crippen molar-refractivity contribution in [3.63, 3.8) is 0 Å². The molecule has 6 nitrogen and oxygen atoms in total. The number of sulfonamides is 1. The zero-order valence-electron chi connectivity index (χ0n) is 15.2. The van der Waals surface area contributed by atoms with Gasteiger partial charge in [0.2, 0.25) is 10.0 Å². The van der Waals surface area contributed by atoms with Crippen molar-refractivity contribution in [3.05, 3.63) is 52.5 Å². The van der Waals surface area contributed by atoms with Crippen molar-refractivity contribution in [2.24, 2.45) is 0 Å². The Labute approximate surface area is 169 Å². The molecule has 9 heteroatoms. The van der Waals surface area contributed by atoms with Crippen molar-refractivity contribution in [2.75, 3.05) is 22.4 Å². The van der Waals surface area contributed by atoms with Gasteiger partial charge in [-0.1, -0.05) is 35.3 Å². The van der Waals surface area contributed by atoms with Crippen LogP contribution in [-0.2, 0) is 10.0 Å². The van der Waals surface area contributed by atoms with Crippen molar-refractivity contribution in [3.8, 4) is 5.75 Å². The molecule has 0 amide bonds. The number of likely N-dealkylation sites (N-methyl/N-ethyl adjacent to an activating group) is 1. The maximum atomic E-state index is 11.6. The third-order valence-corrected chi connectivity index (χ3v) is 5.06. The fraction of sp³-hybridized carbons (Fsp3) is 0.333. The summed E-state index contributed by atoms with van der Waals surface area (Å²) < 4.78 is 31.6. The van der Waals surface area contributed by atoms with E-state index in [1.807, 2.05) is 11.8 Å². The molecule has 2 N–H and O–H groups in total. The van der Waals surface area contributed by atoms with Gasteiger partial charge in [0.1, 0.15) is 11.9 Å². The number of nitrogens with one attached hydrogen (secondary N) is 1. The molecule has 27 heavy (non-hydrogen) atoms. The van der Waals surface area contributed by atoms with E-state index in [0.717, 1.165) is 6.26 Å². The van der Waals surface area contributed by atoms with Gasteiger partial charge in [0.05, 0.1) is 22.0 Å². The molecule has 148 valence electrons. The molecule has 0 spiro atoms. The normalized spacial score (nSPS) is 13.7. The zero-order chi connectivity index (χ0) is 20.2. The highest BCUT2D eigenvalue weighted by Gasteiger charge is 2.26. The largest absolute Gasteiger partial charge is 0.466 e. The van der Waals surface area contributed by atoms with Gasteiger partial charge in [0, 0.05) is 12.2 Å². The molecule has 0 bridgehead atoms. The summed E-state index contributed by atoms with van der Waals surface area (Å²) >= 11 is 12.1. The maximum Gasteiger partial charge on any atom is 0.229 e. The summed E-state index contributed by atoms with van der Waals surface area (Å²) in [5.41, 5.74) is 1.00. The van der Waals surface area contributed by atoms with Gasteiger partial charge in [-0.2, -0.15) is 0 Å². The van der Waals surface area contributed by atoms with Gasteiger partial charge in [0.25, 0.3) is 0 Å². The highest BCUT2D eigenvalue weighted by Crippen LogP contribution is 2.31. The first kappa shape index (κ1) is 21.6. The van der Waals surface area contributed by atoms with E-state index in [1.165, 1.54) is 0 Å². The summed E-state index contributed by atoms with van der Waals surface area (Å²) in [7, 11) is -3.48. The van der Waals surface area contributed by atoms with E-state index in [1.54, 1.807) is 49.4 Å². The molecule has 2 atom stereocenters. The van der Waals surface area contributed by atoms with Crippen molar-refractivity contribution in [1.29, 1.82) is 0 Å². The topological polar surface area (TPSA) is 78.9 Å². The minimum Gasteiger partial charge on any atom is -0.466 e. The molecule has 0 saturated heterocycles. The molecule has 0 heterocycles. The van der Waals surface area contributed by atoms with Gasteiger partial charge < -0.3 is 14.7 Å². The second kappa shape index (κ2) is 9.01. The molecule has 2 aromatic carbocycles. The van der Waals surface area contributed by atoms with Crippen LogP contribution in [0.4, 0.5) is 11.4 Å². The molecule has 2 rings (SSSR count). The summed E-state index contributed by atoms with van der Waals surface area (Å²) in [5, 5.41) is 11.1. The number of aliphatic hydroxyl groups is 1. The number of rotatable bonds is 8. The number of para-hydroxylation sites is 2. The molecule has 0 aliphatic heterocycles. The second-order valence-electron chi connectivity index (χ2n) is 6.00. The smallest absolute Gasteiger partial charge is 0.229 e. The summed E-state index contributed by atoms with van der Waals surface area (Å²) in [6.07, 6.45) is -0.607. The Morgan fingerprint density at radius 2 is 1.85 bits per heavy atom. The summed E-state index contributed by atoms with van der Waals surface area (Å²) in [5.74, 6) is 0.298. The standard InChI is InChI=1S/C18H22Cl2N2O4S/c1-4-22(13-9-10-14(19)15(20)11-13)18(12(2)23)26-17-8-6-5-7-16(17)21-27(3,24)25/h5-12,18,21,23H,4H2,1-3H3. The van der Waals surface area contributed by atoms with Crippen molar-refractivity contribution >= 4 is 44.6 Å².